The van der Waals surface area contributed by atoms with Crippen LogP contribution in [0.5, 0.6) is 0 Å². The minimum absolute atomic E-state index is 0.425. The molecule has 0 saturated carbocycles. The zero-order valence-corrected chi connectivity index (χ0v) is 13.7. The lowest BCUT2D eigenvalue weighted by atomic mass is 10.2. The molecule has 0 heterocycles. The van der Waals surface area contributed by atoms with Gasteiger partial charge in [-0.25, -0.2) is 14.4 Å². The third-order valence-corrected chi connectivity index (χ3v) is 1.79. The number of esters is 3. The minimum Gasteiger partial charge on any atom is -0.459 e. The Morgan fingerprint density at radius 2 is 1.24 bits per heavy atom. The van der Waals surface area contributed by atoms with E-state index < -0.39 is 41.3 Å². The summed E-state index contributed by atoms with van der Waals surface area (Å²) < 4.78 is 14.9. The Hall–Kier alpha value is -1.85. The van der Waals surface area contributed by atoms with Gasteiger partial charge < -0.3 is 14.2 Å². The lowest BCUT2D eigenvalue weighted by Gasteiger charge is -2.18. The lowest BCUT2D eigenvalue weighted by Crippen LogP contribution is -2.27. The molecule has 0 aliphatic rings. The van der Waals surface area contributed by atoms with Crippen molar-refractivity contribution in [1.29, 1.82) is 0 Å². The van der Waals surface area contributed by atoms with Crippen LogP contribution in [0.15, 0.2) is 11.6 Å². The van der Waals surface area contributed by atoms with Gasteiger partial charge in [0.05, 0.1) is 12.2 Å². The van der Waals surface area contributed by atoms with E-state index in [9.17, 15) is 14.4 Å². The van der Waals surface area contributed by atoms with Gasteiger partial charge in [0, 0.05) is 6.08 Å². The van der Waals surface area contributed by atoms with Crippen LogP contribution < -0.4 is 0 Å². The Labute approximate surface area is 125 Å². The first-order chi connectivity index (χ1) is 9.42. The summed E-state index contributed by atoms with van der Waals surface area (Å²) in [5.41, 5.74) is -1.21. The molecule has 0 spiro atoms. The average molecular weight is 300 g/mol. The predicted molar refractivity (Wildman–Crippen MR) is 76.4 cm³/mol. The highest BCUT2D eigenvalue weighted by Gasteiger charge is 2.26. The second-order valence-electron chi connectivity index (χ2n) is 6.00. The van der Waals surface area contributed by atoms with Gasteiger partial charge in [0.2, 0.25) is 0 Å². The Kier molecular flexibility index (Phi) is 7.12. The summed E-state index contributed by atoms with van der Waals surface area (Å²) in [6.45, 7) is 11.6. The van der Waals surface area contributed by atoms with Crippen molar-refractivity contribution in [3.05, 3.63) is 11.6 Å². The van der Waals surface area contributed by atoms with E-state index in [-0.39, 0.29) is 0 Å². The van der Waals surface area contributed by atoms with Crippen molar-refractivity contribution < 1.29 is 28.6 Å². The summed E-state index contributed by atoms with van der Waals surface area (Å²) in [5, 5.41) is 0. The van der Waals surface area contributed by atoms with Crippen LogP contribution in [-0.4, -0.2) is 35.7 Å². The van der Waals surface area contributed by atoms with Gasteiger partial charge in [-0.05, 0) is 48.5 Å². The topological polar surface area (TPSA) is 78.9 Å². The van der Waals surface area contributed by atoms with Crippen LogP contribution in [0.4, 0.5) is 0 Å². The smallest absolute Gasteiger partial charge is 0.346 e. The largest absolute Gasteiger partial charge is 0.459 e. The van der Waals surface area contributed by atoms with Crippen molar-refractivity contribution >= 4 is 17.9 Å². The van der Waals surface area contributed by atoms with Gasteiger partial charge in [-0.15, -0.1) is 0 Å². The van der Waals surface area contributed by atoms with E-state index >= 15 is 0 Å². The number of carbonyl (C=O) groups excluding carboxylic acids is 3. The van der Waals surface area contributed by atoms with Gasteiger partial charge in [0.15, 0.2) is 5.57 Å². The van der Waals surface area contributed by atoms with Crippen molar-refractivity contribution in [3.8, 4) is 0 Å². The van der Waals surface area contributed by atoms with Gasteiger partial charge in [0.25, 0.3) is 0 Å². The maximum absolute atomic E-state index is 11.9. The molecule has 0 fully saturated rings. The van der Waals surface area contributed by atoms with E-state index in [2.05, 4.69) is 0 Å². The molecule has 0 saturated heterocycles. The Morgan fingerprint density at radius 1 is 0.857 bits per heavy atom. The summed E-state index contributed by atoms with van der Waals surface area (Å²) >= 11 is 0. The Morgan fingerprint density at radius 3 is 1.52 bits per heavy atom. The highest BCUT2D eigenvalue weighted by atomic mass is 16.6. The van der Waals surface area contributed by atoms with Crippen LogP contribution in [-0.2, 0) is 28.6 Å². The summed E-state index contributed by atoms with van der Waals surface area (Å²) in [6, 6.07) is 0. The summed E-state index contributed by atoms with van der Waals surface area (Å²) in [5.74, 6) is -2.64. The van der Waals surface area contributed by atoms with Crippen LogP contribution in [0, 0.1) is 0 Å². The lowest BCUT2D eigenvalue weighted by molar-refractivity contribution is -0.154. The average Bonchev–Trinajstić information content (AvgIpc) is 2.20. The fourth-order valence-corrected chi connectivity index (χ4v) is 1.21. The normalized spacial score (nSPS) is 11.1. The molecule has 0 radical (unpaired) electrons. The van der Waals surface area contributed by atoms with Gasteiger partial charge in [-0.3, -0.25) is 0 Å². The number of hydrogen-bond acceptors (Lipinski definition) is 6. The fraction of sp³-hybridized carbons (Fsp3) is 0.667. The predicted octanol–water partition coefficient (Wildman–Crippen LogP) is 2.16. The molecule has 0 amide bonds. The summed E-state index contributed by atoms with van der Waals surface area (Å²) in [4.78, 5) is 35.5. The Bertz CT molecular complexity index is 402. The molecule has 6 heteroatoms. The van der Waals surface area contributed by atoms with Crippen LogP contribution in [0.2, 0.25) is 0 Å². The van der Waals surface area contributed by atoms with E-state index in [1.54, 1.807) is 48.5 Å². The minimum atomic E-state index is -0.915. The molecule has 0 N–H and O–H groups in total. The quantitative estimate of drug-likeness (QED) is 0.254. The maximum atomic E-state index is 11.9. The van der Waals surface area contributed by atoms with Gasteiger partial charge in [-0.1, -0.05) is 0 Å². The number of hydrogen-bond donors (Lipinski definition) is 0. The zero-order chi connectivity index (χ0) is 16.8. The van der Waals surface area contributed by atoms with Crippen LogP contribution in [0.1, 0.15) is 48.5 Å². The molecule has 0 atom stereocenters. The second kappa shape index (κ2) is 7.81. The summed E-state index contributed by atoms with van der Waals surface area (Å²) in [7, 11) is 0. The van der Waals surface area contributed by atoms with Crippen LogP contribution in [0.3, 0.4) is 0 Å². The molecular weight excluding hydrogens is 276 g/mol. The van der Waals surface area contributed by atoms with Crippen molar-refractivity contribution in [1.82, 2.24) is 0 Å². The fourth-order valence-electron chi connectivity index (χ4n) is 1.21. The molecule has 0 unspecified atom stereocenters. The zero-order valence-electron chi connectivity index (χ0n) is 13.7. The number of ether oxygens (including phenoxy) is 3. The summed E-state index contributed by atoms with van der Waals surface area (Å²) in [6.07, 6.45) is -0.0431. The number of carbonyl (C=O) groups is 3. The highest BCUT2D eigenvalue weighted by Crippen LogP contribution is 2.11. The molecule has 120 valence electrons. The molecular formula is C15H24O6. The van der Waals surface area contributed by atoms with Crippen molar-refractivity contribution in [2.24, 2.45) is 0 Å². The van der Waals surface area contributed by atoms with Gasteiger partial charge in [-0.2, -0.15) is 0 Å². The van der Waals surface area contributed by atoms with Crippen molar-refractivity contribution in [2.45, 2.75) is 66.3 Å². The molecule has 6 nitrogen and oxygen atoms in total. The SMILES string of the molecule is CC(C)OC(=O)C(=CC(=O)OC(C)(C)C)C(=O)OC(C)C. The van der Waals surface area contributed by atoms with E-state index in [0.29, 0.717) is 0 Å². The maximum Gasteiger partial charge on any atom is 0.346 e. The highest BCUT2D eigenvalue weighted by molar-refractivity contribution is 6.17. The first kappa shape index (κ1) is 19.1. The van der Waals surface area contributed by atoms with Gasteiger partial charge >= 0.3 is 17.9 Å². The molecule has 0 aromatic rings. The Balaban J connectivity index is 5.25. The molecule has 21 heavy (non-hydrogen) atoms. The standard InChI is InChI=1S/C15H24O6/c1-9(2)19-13(17)11(14(18)20-10(3)4)8-12(16)21-15(5,6)7/h8-10H,1-7H3. The van der Waals surface area contributed by atoms with E-state index in [0.717, 1.165) is 6.08 Å². The molecule has 0 aromatic carbocycles. The van der Waals surface area contributed by atoms with Crippen LogP contribution in [0.25, 0.3) is 0 Å². The van der Waals surface area contributed by atoms with Crippen molar-refractivity contribution in [2.75, 3.05) is 0 Å². The van der Waals surface area contributed by atoms with E-state index in [1.807, 2.05) is 0 Å². The number of rotatable bonds is 5. The second-order valence-corrected chi connectivity index (χ2v) is 6.00. The van der Waals surface area contributed by atoms with Crippen molar-refractivity contribution in [3.63, 3.8) is 0 Å². The molecule has 0 aliphatic heterocycles. The van der Waals surface area contributed by atoms with Gasteiger partial charge in [0.1, 0.15) is 5.60 Å². The first-order valence-electron chi connectivity index (χ1n) is 6.79. The third kappa shape index (κ3) is 8.83. The van der Waals surface area contributed by atoms with Crippen LogP contribution >= 0.6 is 0 Å². The van der Waals surface area contributed by atoms with E-state index in [4.69, 9.17) is 14.2 Å². The molecule has 0 aliphatic carbocycles. The molecule has 0 bridgehead atoms. The first-order valence-corrected chi connectivity index (χ1v) is 6.79. The molecule has 0 aromatic heterocycles. The molecule has 0 rings (SSSR count). The third-order valence-electron chi connectivity index (χ3n) is 1.79. The monoisotopic (exact) mass is 300 g/mol. The van der Waals surface area contributed by atoms with E-state index in [1.165, 1.54) is 0 Å².